The molecule has 0 atom stereocenters. The minimum absolute atomic E-state index is 0.105. The van der Waals surface area contributed by atoms with Gasteiger partial charge in [0.2, 0.25) is 23.8 Å². The Hall–Kier alpha value is -7.90. The second-order valence-electron chi connectivity index (χ2n) is 14.4. The lowest BCUT2D eigenvalue weighted by Gasteiger charge is -2.13. The first-order chi connectivity index (χ1) is 32.0. The zero-order valence-electron chi connectivity index (χ0n) is 35.5. The van der Waals surface area contributed by atoms with Gasteiger partial charge < -0.3 is 21.3 Å². The standard InChI is InChI=1S/C48H42N10O6S2/c1-63-65(59,60)41-29-34(31-44-53-43(30-33-15-7-3-8-16-33)54-45(55-44)49-37-17-9-4-10-18-37)23-24-35(41)25-26-36-27-28-40(32-42(36)66(61,62)64-2)52-48-57-46(50-38-19-11-5-12-20-38)56-47(58-48)51-39-21-13-6-14-22-39/h3-29,32H,30-31H2,1-2H3,(H,49,53,54,55)(H3,50,51,52,56,57,58)/b26-25+. The van der Waals surface area contributed by atoms with E-state index in [1.807, 2.05) is 121 Å². The Labute approximate surface area is 382 Å². The predicted molar refractivity (Wildman–Crippen MR) is 254 cm³/mol. The normalized spacial score (nSPS) is 11.6. The first kappa shape index (κ1) is 44.7. The van der Waals surface area contributed by atoms with E-state index in [2.05, 4.69) is 46.2 Å². The fourth-order valence-corrected chi connectivity index (χ4v) is 8.41. The fourth-order valence-electron chi connectivity index (χ4n) is 6.64. The second kappa shape index (κ2) is 20.3. The number of rotatable bonds is 18. The molecule has 0 spiro atoms. The summed E-state index contributed by atoms with van der Waals surface area (Å²) in [5.74, 6) is 1.83. The highest BCUT2D eigenvalue weighted by Crippen LogP contribution is 2.29. The summed E-state index contributed by atoms with van der Waals surface area (Å²) >= 11 is 0. The summed E-state index contributed by atoms with van der Waals surface area (Å²) in [7, 11) is -6.47. The van der Waals surface area contributed by atoms with Crippen LogP contribution in [0.3, 0.4) is 0 Å². The molecule has 0 fully saturated rings. The van der Waals surface area contributed by atoms with Crippen molar-refractivity contribution in [2.45, 2.75) is 22.6 Å². The highest BCUT2D eigenvalue weighted by molar-refractivity contribution is 7.87. The van der Waals surface area contributed by atoms with E-state index in [4.69, 9.17) is 13.4 Å². The van der Waals surface area contributed by atoms with Crippen LogP contribution >= 0.6 is 0 Å². The molecular weight excluding hydrogens is 877 g/mol. The molecule has 18 heteroatoms. The maximum Gasteiger partial charge on any atom is 0.297 e. The van der Waals surface area contributed by atoms with Gasteiger partial charge in [-0.2, -0.15) is 41.8 Å². The summed E-state index contributed by atoms with van der Waals surface area (Å²) in [5, 5.41) is 12.7. The van der Waals surface area contributed by atoms with Gasteiger partial charge >= 0.3 is 0 Å². The minimum atomic E-state index is -4.31. The molecule has 66 heavy (non-hydrogen) atoms. The number of hydrogen-bond acceptors (Lipinski definition) is 16. The van der Waals surface area contributed by atoms with E-state index in [0.717, 1.165) is 36.8 Å². The molecule has 4 N–H and O–H groups in total. The van der Waals surface area contributed by atoms with Crippen molar-refractivity contribution in [3.63, 3.8) is 0 Å². The number of nitrogens with zero attached hydrogens (tertiary/aromatic N) is 6. The number of benzene rings is 6. The molecule has 2 aromatic heterocycles. The van der Waals surface area contributed by atoms with Gasteiger partial charge in [0.25, 0.3) is 20.2 Å². The van der Waals surface area contributed by atoms with Gasteiger partial charge in [-0.05, 0) is 76.9 Å². The van der Waals surface area contributed by atoms with E-state index in [-0.39, 0.29) is 45.2 Å². The van der Waals surface area contributed by atoms with Crippen molar-refractivity contribution in [2.75, 3.05) is 35.5 Å². The number of para-hydroxylation sites is 3. The van der Waals surface area contributed by atoms with Gasteiger partial charge in [0.05, 0.1) is 14.2 Å². The van der Waals surface area contributed by atoms with Crippen molar-refractivity contribution >= 4 is 78.9 Å². The van der Waals surface area contributed by atoms with Gasteiger partial charge in [0.15, 0.2) is 0 Å². The molecule has 0 saturated carbocycles. The summed E-state index contributed by atoms with van der Waals surface area (Å²) in [4.78, 5) is 27.3. The summed E-state index contributed by atoms with van der Waals surface area (Å²) in [6.45, 7) is 0. The van der Waals surface area contributed by atoms with Crippen LogP contribution in [0.5, 0.6) is 0 Å². The lowest BCUT2D eigenvalue weighted by Crippen LogP contribution is -2.10. The van der Waals surface area contributed by atoms with Crippen molar-refractivity contribution in [2.24, 2.45) is 0 Å². The Bertz CT molecular complexity index is 2870. The van der Waals surface area contributed by atoms with Crippen LogP contribution in [-0.2, 0) is 41.4 Å². The molecule has 6 aromatic carbocycles. The highest BCUT2D eigenvalue weighted by Gasteiger charge is 2.21. The van der Waals surface area contributed by atoms with Gasteiger partial charge in [0, 0.05) is 35.6 Å². The molecule has 0 unspecified atom stereocenters. The van der Waals surface area contributed by atoms with Crippen LogP contribution in [0.2, 0.25) is 0 Å². The first-order valence-corrected chi connectivity index (χ1v) is 23.2. The topological polar surface area (TPSA) is 212 Å². The Kier molecular flexibility index (Phi) is 13.7. The Morgan fingerprint density at radius 2 is 0.788 bits per heavy atom. The third kappa shape index (κ3) is 11.6. The van der Waals surface area contributed by atoms with Crippen LogP contribution in [0.1, 0.15) is 33.9 Å². The number of aromatic nitrogens is 6. The Balaban J connectivity index is 1.09. The van der Waals surface area contributed by atoms with Crippen LogP contribution in [0, 0.1) is 0 Å². The lowest BCUT2D eigenvalue weighted by atomic mass is 10.1. The fraction of sp³-hybridized carbons (Fsp3) is 0.0833. The van der Waals surface area contributed by atoms with Crippen LogP contribution in [0.15, 0.2) is 168 Å². The first-order valence-electron chi connectivity index (χ1n) is 20.4. The van der Waals surface area contributed by atoms with Crippen LogP contribution in [0.4, 0.5) is 46.5 Å². The minimum Gasteiger partial charge on any atom is -0.324 e. The van der Waals surface area contributed by atoms with Crippen molar-refractivity contribution in [3.8, 4) is 0 Å². The number of nitrogens with one attached hydrogen (secondary N) is 4. The van der Waals surface area contributed by atoms with Crippen molar-refractivity contribution in [3.05, 3.63) is 192 Å². The molecule has 332 valence electrons. The van der Waals surface area contributed by atoms with Crippen molar-refractivity contribution < 1.29 is 25.2 Å². The van der Waals surface area contributed by atoms with Gasteiger partial charge in [-0.3, -0.25) is 8.37 Å². The maximum absolute atomic E-state index is 13.4. The predicted octanol–water partition coefficient (Wildman–Crippen LogP) is 9.05. The molecule has 2 heterocycles. The average Bonchev–Trinajstić information content (AvgIpc) is 3.32. The largest absolute Gasteiger partial charge is 0.324 e. The smallest absolute Gasteiger partial charge is 0.297 e. The van der Waals surface area contributed by atoms with Crippen molar-refractivity contribution in [1.29, 1.82) is 0 Å². The van der Waals surface area contributed by atoms with Crippen LogP contribution < -0.4 is 21.3 Å². The molecule has 16 nitrogen and oxygen atoms in total. The molecule has 8 rings (SSSR count). The molecule has 0 bridgehead atoms. The molecule has 0 saturated heterocycles. The molecule has 0 aliphatic heterocycles. The van der Waals surface area contributed by atoms with E-state index in [0.29, 0.717) is 35.3 Å². The summed E-state index contributed by atoms with van der Waals surface area (Å²) < 4.78 is 63.6. The quantitative estimate of drug-likeness (QED) is 0.0467. The summed E-state index contributed by atoms with van der Waals surface area (Å²) in [6, 6.07) is 47.3. The zero-order valence-corrected chi connectivity index (χ0v) is 37.2. The molecule has 0 radical (unpaired) electrons. The summed E-state index contributed by atoms with van der Waals surface area (Å²) in [5.41, 5.74) is 4.60. The van der Waals surface area contributed by atoms with E-state index >= 15 is 0 Å². The maximum atomic E-state index is 13.4. The molecule has 0 amide bonds. The lowest BCUT2D eigenvalue weighted by molar-refractivity contribution is 0.396. The van der Waals surface area contributed by atoms with E-state index in [9.17, 15) is 16.8 Å². The average molecular weight is 919 g/mol. The Morgan fingerprint density at radius 1 is 0.409 bits per heavy atom. The van der Waals surface area contributed by atoms with Crippen LogP contribution in [0.25, 0.3) is 12.2 Å². The zero-order chi connectivity index (χ0) is 45.9. The van der Waals surface area contributed by atoms with E-state index < -0.39 is 20.2 Å². The molecular formula is C48H42N10O6S2. The van der Waals surface area contributed by atoms with Gasteiger partial charge in [-0.15, -0.1) is 0 Å². The van der Waals surface area contributed by atoms with Crippen molar-refractivity contribution in [1.82, 2.24) is 29.9 Å². The van der Waals surface area contributed by atoms with Gasteiger partial charge in [-0.1, -0.05) is 115 Å². The van der Waals surface area contributed by atoms with E-state index in [1.54, 1.807) is 24.3 Å². The number of anilines is 8. The van der Waals surface area contributed by atoms with Gasteiger partial charge in [-0.25, -0.2) is 4.98 Å². The number of hydrogen-bond donors (Lipinski definition) is 4. The third-order valence-electron chi connectivity index (χ3n) is 9.79. The molecule has 8 aromatic rings. The summed E-state index contributed by atoms with van der Waals surface area (Å²) in [6.07, 6.45) is 3.58. The Morgan fingerprint density at radius 3 is 1.24 bits per heavy atom. The molecule has 0 aliphatic carbocycles. The van der Waals surface area contributed by atoms with Gasteiger partial charge in [0.1, 0.15) is 21.4 Å². The second-order valence-corrected chi connectivity index (χ2v) is 17.8. The molecule has 0 aliphatic rings. The van der Waals surface area contributed by atoms with Crippen LogP contribution in [-0.4, -0.2) is 61.0 Å². The third-order valence-corrected chi connectivity index (χ3v) is 12.5. The monoisotopic (exact) mass is 918 g/mol. The SMILES string of the molecule is COS(=O)(=O)c1cc(Cc2nc(Cc3ccccc3)nc(Nc3ccccc3)n2)ccc1/C=C/c1ccc(Nc2nc(Nc3ccccc3)nc(Nc3ccccc3)n2)cc1S(=O)(=O)OC. The van der Waals surface area contributed by atoms with E-state index in [1.165, 1.54) is 24.3 Å². The highest BCUT2D eigenvalue weighted by atomic mass is 32.2.